The molecule has 1 N–H and O–H groups in total. The summed E-state index contributed by atoms with van der Waals surface area (Å²) in [4.78, 5) is 31.0. The van der Waals surface area contributed by atoms with E-state index in [9.17, 15) is 9.59 Å². The molecule has 2 aromatic rings. The number of rotatable bonds is 3. The van der Waals surface area contributed by atoms with Gasteiger partial charge in [-0.25, -0.2) is 4.79 Å². The van der Waals surface area contributed by atoms with Crippen LogP contribution < -0.4 is 0 Å². The number of benzene rings is 1. The number of H-pyrrole nitrogens is 1. The summed E-state index contributed by atoms with van der Waals surface area (Å²) in [6.45, 7) is 6.37. The summed E-state index contributed by atoms with van der Waals surface area (Å²) in [5.41, 5.74) is 3.25. The summed E-state index contributed by atoms with van der Waals surface area (Å²) >= 11 is 0. The lowest BCUT2D eigenvalue weighted by Crippen LogP contribution is -2.51. The zero-order chi connectivity index (χ0) is 17.1. The van der Waals surface area contributed by atoms with Gasteiger partial charge in [-0.1, -0.05) is 11.6 Å². The van der Waals surface area contributed by atoms with Gasteiger partial charge in [0.15, 0.2) is 0 Å². The Morgan fingerprint density at radius 3 is 2.58 bits per heavy atom. The van der Waals surface area contributed by atoms with Crippen LogP contribution in [0, 0.1) is 6.92 Å². The van der Waals surface area contributed by atoms with Crippen LogP contribution in [0.1, 0.15) is 18.1 Å². The summed E-state index contributed by atoms with van der Waals surface area (Å²) in [5, 5.41) is 1.11. The second-order valence-corrected chi connectivity index (χ2v) is 6.11. The maximum atomic E-state index is 12.6. The molecule has 1 aliphatic heterocycles. The number of aromatic nitrogens is 1. The van der Waals surface area contributed by atoms with Crippen LogP contribution in [0.5, 0.6) is 0 Å². The molecule has 1 aromatic heterocycles. The highest BCUT2D eigenvalue weighted by molar-refractivity contribution is 5.89. The Bertz CT molecular complexity index is 745. The van der Waals surface area contributed by atoms with Gasteiger partial charge in [0.05, 0.1) is 13.0 Å². The van der Waals surface area contributed by atoms with Gasteiger partial charge >= 0.3 is 6.09 Å². The third-order valence-electron chi connectivity index (χ3n) is 4.42. The van der Waals surface area contributed by atoms with E-state index >= 15 is 0 Å². The molecule has 1 aliphatic rings. The number of nitrogens with zero attached hydrogens (tertiary/aromatic N) is 2. The van der Waals surface area contributed by atoms with Crippen molar-refractivity contribution in [3.05, 3.63) is 35.5 Å². The lowest BCUT2D eigenvalue weighted by molar-refractivity contribution is -0.132. The summed E-state index contributed by atoms with van der Waals surface area (Å²) in [5.74, 6) is 0.0981. The standard InChI is InChI=1S/C18H23N3O3/c1-3-24-18(23)21-8-6-20(7-9-21)17(22)11-14-12-19-16-5-4-13(2)10-15(14)16/h4-5,10,12,19H,3,6-9,11H2,1-2H3. The van der Waals surface area contributed by atoms with Crippen LogP contribution in [-0.4, -0.2) is 59.6 Å². The largest absolute Gasteiger partial charge is 0.450 e. The van der Waals surface area contributed by atoms with Gasteiger partial charge in [0.2, 0.25) is 5.91 Å². The monoisotopic (exact) mass is 329 g/mol. The molecule has 0 saturated carbocycles. The van der Waals surface area contributed by atoms with Gasteiger partial charge in [0.1, 0.15) is 0 Å². The Morgan fingerprint density at radius 1 is 1.17 bits per heavy atom. The smallest absolute Gasteiger partial charge is 0.409 e. The summed E-state index contributed by atoms with van der Waals surface area (Å²) in [6.07, 6.45) is 2.00. The molecule has 0 bridgehead atoms. The molecule has 0 atom stereocenters. The van der Waals surface area contributed by atoms with Crippen LogP contribution in [0.15, 0.2) is 24.4 Å². The van der Waals surface area contributed by atoms with E-state index < -0.39 is 0 Å². The third kappa shape index (κ3) is 3.37. The number of nitrogens with one attached hydrogen (secondary N) is 1. The molecule has 6 heteroatoms. The number of amides is 2. The fourth-order valence-electron chi connectivity index (χ4n) is 3.07. The van der Waals surface area contributed by atoms with Crippen molar-refractivity contribution in [1.29, 1.82) is 0 Å². The maximum absolute atomic E-state index is 12.6. The molecular weight excluding hydrogens is 306 g/mol. The van der Waals surface area contributed by atoms with Gasteiger partial charge in [0, 0.05) is 43.3 Å². The SMILES string of the molecule is CCOC(=O)N1CCN(C(=O)Cc2c[nH]c3ccc(C)cc23)CC1. The van der Waals surface area contributed by atoms with Crippen LogP contribution in [0.3, 0.4) is 0 Å². The molecule has 1 fully saturated rings. The van der Waals surface area contributed by atoms with E-state index in [4.69, 9.17) is 4.74 Å². The predicted octanol–water partition coefficient (Wildman–Crippen LogP) is 2.32. The summed E-state index contributed by atoms with van der Waals surface area (Å²) in [6, 6.07) is 6.20. The first kappa shape index (κ1) is 16.4. The van der Waals surface area contributed by atoms with Crippen molar-refractivity contribution in [2.45, 2.75) is 20.3 Å². The fraction of sp³-hybridized carbons (Fsp3) is 0.444. The van der Waals surface area contributed by atoms with Crippen LogP contribution in [-0.2, 0) is 16.0 Å². The zero-order valence-electron chi connectivity index (χ0n) is 14.2. The minimum Gasteiger partial charge on any atom is -0.450 e. The molecule has 0 unspecified atom stereocenters. The van der Waals surface area contributed by atoms with Crippen molar-refractivity contribution in [1.82, 2.24) is 14.8 Å². The van der Waals surface area contributed by atoms with Crippen molar-refractivity contribution in [2.75, 3.05) is 32.8 Å². The van der Waals surface area contributed by atoms with Gasteiger partial charge in [-0.15, -0.1) is 0 Å². The normalized spacial score (nSPS) is 14.9. The molecule has 24 heavy (non-hydrogen) atoms. The second kappa shape index (κ2) is 6.95. The average Bonchev–Trinajstić information content (AvgIpc) is 2.97. The number of hydrogen-bond acceptors (Lipinski definition) is 3. The van der Waals surface area contributed by atoms with E-state index in [0.29, 0.717) is 39.2 Å². The number of piperazine rings is 1. The minimum absolute atomic E-state index is 0.0981. The molecule has 2 heterocycles. The van der Waals surface area contributed by atoms with Crippen molar-refractivity contribution >= 4 is 22.9 Å². The second-order valence-electron chi connectivity index (χ2n) is 6.11. The topological polar surface area (TPSA) is 65.6 Å². The van der Waals surface area contributed by atoms with E-state index in [0.717, 1.165) is 16.5 Å². The predicted molar refractivity (Wildman–Crippen MR) is 91.9 cm³/mol. The molecule has 0 spiro atoms. The van der Waals surface area contributed by atoms with E-state index in [1.165, 1.54) is 5.56 Å². The van der Waals surface area contributed by atoms with Crippen LogP contribution in [0.2, 0.25) is 0 Å². The number of fused-ring (bicyclic) bond motifs is 1. The molecule has 128 valence electrons. The molecule has 1 saturated heterocycles. The maximum Gasteiger partial charge on any atom is 0.409 e. The number of aryl methyl sites for hydroxylation is 1. The third-order valence-corrected chi connectivity index (χ3v) is 4.42. The Labute approximate surface area is 141 Å². The van der Waals surface area contributed by atoms with E-state index in [1.807, 2.05) is 24.1 Å². The Hall–Kier alpha value is -2.50. The van der Waals surface area contributed by atoms with E-state index in [2.05, 4.69) is 17.1 Å². The number of hydrogen-bond donors (Lipinski definition) is 1. The van der Waals surface area contributed by atoms with E-state index in [-0.39, 0.29) is 12.0 Å². The quantitative estimate of drug-likeness (QED) is 0.940. The average molecular weight is 329 g/mol. The molecule has 3 rings (SSSR count). The zero-order valence-corrected chi connectivity index (χ0v) is 14.2. The van der Waals surface area contributed by atoms with Crippen LogP contribution >= 0.6 is 0 Å². The molecule has 2 amide bonds. The fourth-order valence-corrected chi connectivity index (χ4v) is 3.07. The van der Waals surface area contributed by atoms with Gasteiger partial charge in [-0.2, -0.15) is 0 Å². The number of ether oxygens (including phenoxy) is 1. The van der Waals surface area contributed by atoms with Crippen LogP contribution in [0.25, 0.3) is 10.9 Å². The highest BCUT2D eigenvalue weighted by atomic mass is 16.6. The highest BCUT2D eigenvalue weighted by Gasteiger charge is 2.25. The molecule has 0 radical (unpaired) electrons. The Kier molecular flexibility index (Phi) is 4.74. The highest BCUT2D eigenvalue weighted by Crippen LogP contribution is 2.21. The van der Waals surface area contributed by atoms with Gasteiger partial charge in [0.25, 0.3) is 0 Å². The molecule has 0 aliphatic carbocycles. The van der Waals surface area contributed by atoms with Gasteiger partial charge in [-0.05, 0) is 31.5 Å². The molecule has 6 nitrogen and oxygen atoms in total. The molecule has 1 aromatic carbocycles. The van der Waals surface area contributed by atoms with Crippen molar-refractivity contribution < 1.29 is 14.3 Å². The minimum atomic E-state index is -0.295. The lowest BCUT2D eigenvalue weighted by atomic mass is 10.1. The first-order valence-electron chi connectivity index (χ1n) is 8.34. The van der Waals surface area contributed by atoms with Gasteiger partial charge < -0.3 is 19.5 Å². The van der Waals surface area contributed by atoms with Crippen molar-refractivity contribution in [3.63, 3.8) is 0 Å². The van der Waals surface area contributed by atoms with Crippen molar-refractivity contribution in [2.24, 2.45) is 0 Å². The van der Waals surface area contributed by atoms with Crippen molar-refractivity contribution in [3.8, 4) is 0 Å². The lowest BCUT2D eigenvalue weighted by Gasteiger charge is -2.34. The number of aromatic amines is 1. The van der Waals surface area contributed by atoms with Gasteiger partial charge in [-0.3, -0.25) is 4.79 Å². The Morgan fingerprint density at radius 2 is 1.88 bits per heavy atom. The summed E-state index contributed by atoms with van der Waals surface area (Å²) < 4.78 is 5.00. The van der Waals surface area contributed by atoms with E-state index in [1.54, 1.807) is 11.8 Å². The van der Waals surface area contributed by atoms with Crippen LogP contribution in [0.4, 0.5) is 4.79 Å². The number of carbonyl (C=O) groups is 2. The summed E-state index contributed by atoms with van der Waals surface area (Å²) in [7, 11) is 0. The first-order chi connectivity index (χ1) is 11.6. The first-order valence-corrected chi connectivity index (χ1v) is 8.34. The Balaban J connectivity index is 1.61. The molecular formula is C18H23N3O3. The number of carbonyl (C=O) groups excluding carboxylic acids is 2.